The van der Waals surface area contributed by atoms with Crippen molar-refractivity contribution in [2.75, 3.05) is 40.9 Å². The fourth-order valence-corrected chi connectivity index (χ4v) is 10.7. The van der Waals surface area contributed by atoms with Gasteiger partial charge >= 0.3 is 13.8 Å². The molecule has 0 spiro atoms. The molecule has 0 saturated carbocycles. The zero-order chi connectivity index (χ0) is 60.7. The lowest BCUT2D eigenvalue weighted by molar-refractivity contribution is -0.870. The van der Waals surface area contributed by atoms with Crippen LogP contribution in [0.15, 0.2) is 85.1 Å². The largest absolute Gasteiger partial charge is 0.472 e. The van der Waals surface area contributed by atoms with E-state index < -0.39 is 20.0 Å². The molecule has 3 unspecified atom stereocenters. The van der Waals surface area contributed by atoms with Crippen LogP contribution in [-0.4, -0.2) is 74.3 Å². The Balaban J connectivity index is 5.09. The first-order valence-corrected chi connectivity index (χ1v) is 36.4. The monoisotopic (exact) mass is 1180 g/mol. The van der Waals surface area contributed by atoms with Gasteiger partial charge in [-0.3, -0.25) is 18.6 Å². The van der Waals surface area contributed by atoms with Gasteiger partial charge in [-0.15, -0.1) is 0 Å². The number of quaternary nitrogens is 1. The Morgan fingerprint density at radius 1 is 0.434 bits per heavy atom. The molecule has 1 amide bonds. The molecule has 0 saturated heterocycles. The van der Waals surface area contributed by atoms with Gasteiger partial charge in [0.25, 0.3) is 0 Å². The van der Waals surface area contributed by atoms with Crippen molar-refractivity contribution in [3.05, 3.63) is 85.1 Å². The minimum absolute atomic E-state index is 0.0360. The lowest BCUT2D eigenvalue weighted by Crippen LogP contribution is -2.47. The second-order valence-electron chi connectivity index (χ2n) is 24.7. The van der Waals surface area contributed by atoms with Crippen molar-refractivity contribution in [3.63, 3.8) is 0 Å². The second kappa shape index (κ2) is 62.2. The number of rotatable bonds is 63. The fraction of sp³-hybridized carbons (Fsp3) is 0.781. The number of hydrogen-bond donors (Lipinski definition) is 2. The van der Waals surface area contributed by atoms with E-state index in [0.717, 1.165) is 122 Å². The molecule has 0 bridgehead atoms. The van der Waals surface area contributed by atoms with Crippen LogP contribution in [0.4, 0.5) is 0 Å². The minimum atomic E-state index is -4.46. The maximum atomic E-state index is 13.6. The Hall–Kier alpha value is -2.81. The van der Waals surface area contributed by atoms with Gasteiger partial charge in [-0.1, -0.05) is 305 Å². The molecule has 0 aromatic carbocycles. The number of esters is 1. The third kappa shape index (κ3) is 63.5. The first kappa shape index (κ1) is 80.2. The molecule has 0 rings (SSSR count). The molecule has 2 N–H and O–H groups in total. The summed E-state index contributed by atoms with van der Waals surface area (Å²) >= 11 is 0. The van der Waals surface area contributed by atoms with Gasteiger partial charge < -0.3 is 19.4 Å². The van der Waals surface area contributed by atoms with E-state index >= 15 is 0 Å². The van der Waals surface area contributed by atoms with E-state index in [0.29, 0.717) is 17.4 Å². The van der Waals surface area contributed by atoms with E-state index in [1.807, 2.05) is 33.3 Å². The first-order valence-electron chi connectivity index (χ1n) is 34.9. The Labute approximate surface area is 514 Å². The number of nitrogens with zero attached hydrogens (tertiary/aromatic N) is 1. The van der Waals surface area contributed by atoms with Crippen molar-refractivity contribution in [2.45, 2.75) is 328 Å². The second-order valence-corrected chi connectivity index (χ2v) is 26.1. The Bertz CT molecular complexity index is 1700. The first-order chi connectivity index (χ1) is 40.4. The highest BCUT2D eigenvalue weighted by Crippen LogP contribution is 2.43. The number of ether oxygens (including phenoxy) is 1. The summed E-state index contributed by atoms with van der Waals surface area (Å²) in [5.41, 5.74) is 0. The highest BCUT2D eigenvalue weighted by molar-refractivity contribution is 7.47. The Morgan fingerprint density at radius 3 is 1.16 bits per heavy atom. The van der Waals surface area contributed by atoms with Crippen molar-refractivity contribution in [3.8, 4) is 0 Å². The summed E-state index contributed by atoms with van der Waals surface area (Å²) in [4.78, 5) is 37.9. The van der Waals surface area contributed by atoms with E-state index in [2.05, 4.69) is 99.0 Å². The number of carbonyl (C=O) groups is 2. The van der Waals surface area contributed by atoms with E-state index in [9.17, 15) is 19.0 Å². The van der Waals surface area contributed by atoms with Crippen LogP contribution in [0, 0.1) is 0 Å². The smallest absolute Gasteiger partial charge is 0.456 e. The SMILES string of the molecule is CC/C=C\C/C=C\C/C=C\C/C=C\C/C=C\C/C=C\CCCCCCCCC(=O)OC(/C=C/CCCCCCCCCCC)C(COP(=O)(O)OCC[N+](C)(C)C)NC(=O)CCCCCCCCCCCCCCCCCCCCCCC. The zero-order valence-corrected chi connectivity index (χ0v) is 56.1. The normalized spacial score (nSPS) is 14.1. The molecule has 83 heavy (non-hydrogen) atoms. The number of hydrogen-bond acceptors (Lipinski definition) is 6. The molecule has 0 aromatic heterocycles. The molecular formula is C73H134N2O7P+. The highest BCUT2D eigenvalue weighted by atomic mass is 31.2. The van der Waals surface area contributed by atoms with Crippen molar-refractivity contribution in [1.82, 2.24) is 5.32 Å². The molecule has 0 aromatic rings. The molecule has 0 fully saturated rings. The lowest BCUT2D eigenvalue weighted by Gasteiger charge is -2.27. The van der Waals surface area contributed by atoms with Gasteiger partial charge in [-0.25, -0.2) is 4.57 Å². The molecule has 3 atom stereocenters. The van der Waals surface area contributed by atoms with Crippen LogP contribution in [0.1, 0.15) is 316 Å². The van der Waals surface area contributed by atoms with Crippen LogP contribution in [0.25, 0.3) is 0 Å². The van der Waals surface area contributed by atoms with Crippen molar-refractivity contribution >= 4 is 19.7 Å². The van der Waals surface area contributed by atoms with Gasteiger partial charge in [0.2, 0.25) is 5.91 Å². The number of amides is 1. The van der Waals surface area contributed by atoms with Gasteiger partial charge in [0, 0.05) is 12.8 Å². The van der Waals surface area contributed by atoms with Crippen LogP contribution in [-0.2, 0) is 27.9 Å². The summed E-state index contributed by atoms with van der Waals surface area (Å²) in [6.45, 7) is 6.92. The topological polar surface area (TPSA) is 111 Å². The number of likely N-dealkylation sites (N-methyl/N-ethyl adjacent to an activating group) is 1. The van der Waals surface area contributed by atoms with E-state index in [1.165, 1.54) is 161 Å². The van der Waals surface area contributed by atoms with Crippen LogP contribution in [0.3, 0.4) is 0 Å². The molecule has 0 aliphatic rings. The molecule has 0 radical (unpaired) electrons. The molecule has 0 aliphatic heterocycles. The van der Waals surface area contributed by atoms with Crippen LogP contribution in [0.5, 0.6) is 0 Å². The number of carbonyl (C=O) groups excluding carboxylic acids is 2. The predicted molar refractivity (Wildman–Crippen MR) is 360 cm³/mol. The molecule has 9 nitrogen and oxygen atoms in total. The summed E-state index contributed by atoms with van der Waals surface area (Å²) in [6, 6.07) is -0.857. The maximum Gasteiger partial charge on any atom is 0.472 e. The van der Waals surface area contributed by atoms with Crippen molar-refractivity contribution in [2.24, 2.45) is 0 Å². The van der Waals surface area contributed by atoms with Gasteiger partial charge in [-0.05, 0) is 83.1 Å². The highest BCUT2D eigenvalue weighted by Gasteiger charge is 2.30. The van der Waals surface area contributed by atoms with Crippen molar-refractivity contribution < 1.29 is 37.3 Å². The summed E-state index contributed by atoms with van der Waals surface area (Å²) in [7, 11) is 1.49. The predicted octanol–water partition coefficient (Wildman–Crippen LogP) is 22.1. The van der Waals surface area contributed by atoms with Gasteiger partial charge in [0.1, 0.15) is 19.3 Å². The van der Waals surface area contributed by atoms with E-state index in [-0.39, 0.29) is 31.5 Å². The van der Waals surface area contributed by atoms with Crippen LogP contribution >= 0.6 is 7.82 Å². The molecule has 10 heteroatoms. The van der Waals surface area contributed by atoms with E-state index in [1.54, 1.807) is 0 Å². The maximum absolute atomic E-state index is 13.6. The summed E-state index contributed by atoms with van der Waals surface area (Å²) in [6.07, 6.45) is 83.1. The average Bonchev–Trinajstić information content (AvgIpc) is 3.51. The average molecular weight is 1180 g/mol. The van der Waals surface area contributed by atoms with Gasteiger partial charge in [0.15, 0.2) is 0 Å². The molecule has 0 heterocycles. The lowest BCUT2D eigenvalue weighted by atomic mass is 10.0. The van der Waals surface area contributed by atoms with Gasteiger partial charge in [0.05, 0.1) is 33.8 Å². The Morgan fingerprint density at radius 2 is 0.771 bits per heavy atom. The molecular weight excluding hydrogens is 1050 g/mol. The number of phosphoric acid groups is 1. The fourth-order valence-electron chi connectivity index (χ4n) is 10.0. The third-order valence-corrected chi connectivity index (χ3v) is 16.3. The van der Waals surface area contributed by atoms with Crippen LogP contribution in [0.2, 0.25) is 0 Å². The number of nitrogens with one attached hydrogen (secondary N) is 1. The zero-order valence-electron chi connectivity index (χ0n) is 55.2. The summed E-state index contributed by atoms with van der Waals surface area (Å²) in [5.74, 6) is -0.514. The number of allylic oxidation sites excluding steroid dienone is 13. The summed E-state index contributed by atoms with van der Waals surface area (Å²) in [5, 5.41) is 3.07. The molecule has 0 aliphatic carbocycles. The summed E-state index contributed by atoms with van der Waals surface area (Å²) < 4.78 is 30.8. The Kier molecular flexibility index (Phi) is 60.1. The van der Waals surface area contributed by atoms with E-state index in [4.69, 9.17) is 13.8 Å². The van der Waals surface area contributed by atoms with Gasteiger partial charge in [-0.2, -0.15) is 0 Å². The standard InChI is InChI=1S/C73H133N2O7P/c1-7-10-13-16-19-22-25-27-29-31-33-35-36-37-38-40-42-44-46-48-51-54-57-60-63-66-73(77)82-71(64-61-58-55-52-49-24-21-18-15-12-9-3)70(69-81-83(78,79)80-68-67-75(4,5)6)74-72(76)65-62-59-56-53-50-47-45-43-41-39-34-32-30-28-26-23-20-17-14-11-8-2/h10,13,19,22,27,29,33,35,37-38,42,44,61,64,70-71H,7-9,11-12,14-18,20-21,23-26,28,30-32,34,36,39-41,43,45-60,62-63,65-69H2,1-6H3,(H-,74,76,78,79)/p+1/b13-10-,22-19-,29-27-,35-33-,38-37-,44-42-,64-61+. The molecule has 482 valence electrons. The number of phosphoric ester groups is 1. The quantitative estimate of drug-likeness (QED) is 0.0205. The van der Waals surface area contributed by atoms with Crippen LogP contribution < -0.4 is 5.32 Å². The van der Waals surface area contributed by atoms with Crippen molar-refractivity contribution in [1.29, 1.82) is 0 Å². The minimum Gasteiger partial charge on any atom is -0.456 e. The number of unbranched alkanes of at least 4 members (excludes halogenated alkanes) is 35. The third-order valence-electron chi connectivity index (χ3n) is 15.3.